The zero-order chi connectivity index (χ0) is 10.9. The Kier molecular flexibility index (Phi) is 5.85. The van der Waals surface area contributed by atoms with Gasteiger partial charge in [-0.25, -0.2) is 0 Å². The molecule has 0 amide bonds. The molecule has 0 N–H and O–H groups in total. The molecule has 0 aliphatic carbocycles. The van der Waals surface area contributed by atoms with Crippen molar-refractivity contribution in [3.8, 4) is 5.75 Å². The van der Waals surface area contributed by atoms with Gasteiger partial charge in [0.05, 0.1) is 19.0 Å². The van der Waals surface area contributed by atoms with Gasteiger partial charge in [-0.15, -0.1) is 0 Å². The summed E-state index contributed by atoms with van der Waals surface area (Å²) in [6.45, 7) is 7.20. The highest BCUT2D eigenvalue weighted by Crippen LogP contribution is 2.08. The van der Waals surface area contributed by atoms with E-state index in [0.29, 0.717) is 13.2 Å². The lowest BCUT2D eigenvalue weighted by Crippen LogP contribution is -2.06. The second-order valence-electron chi connectivity index (χ2n) is 3.40. The molecule has 0 spiro atoms. The molecule has 0 bridgehead atoms. The maximum Gasteiger partial charge on any atom is 0.157 e. The van der Waals surface area contributed by atoms with E-state index in [-0.39, 0.29) is 0 Å². The second kappa shape index (κ2) is 7.29. The third-order valence-corrected chi connectivity index (χ3v) is 1.91. The van der Waals surface area contributed by atoms with Gasteiger partial charge in [-0.2, -0.15) is 5.10 Å². The van der Waals surface area contributed by atoms with Crippen LogP contribution in [0.15, 0.2) is 12.4 Å². The zero-order valence-corrected chi connectivity index (χ0v) is 9.61. The van der Waals surface area contributed by atoms with Crippen molar-refractivity contribution in [3.63, 3.8) is 0 Å². The van der Waals surface area contributed by atoms with Crippen molar-refractivity contribution in [2.24, 2.45) is 0 Å². The van der Waals surface area contributed by atoms with Crippen LogP contribution in [0.2, 0.25) is 0 Å². The molecule has 0 atom stereocenters. The molecule has 0 unspecified atom stereocenters. The van der Waals surface area contributed by atoms with Crippen molar-refractivity contribution in [1.82, 2.24) is 9.78 Å². The summed E-state index contributed by atoms with van der Waals surface area (Å²) >= 11 is 0. The quantitative estimate of drug-likeness (QED) is 0.619. The van der Waals surface area contributed by atoms with Gasteiger partial charge in [-0.05, 0) is 12.8 Å². The number of nitrogens with zero attached hydrogens (tertiary/aromatic N) is 2. The molecule has 4 nitrogen and oxygen atoms in total. The standard InChI is InChI=1S/C11H20N2O2/c1-3-5-13-10-11(9-12-13)15-8-7-14-6-4-2/h9-10H,3-8H2,1-2H3. The number of hydrogen-bond acceptors (Lipinski definition) is 3. The highest BCUT2D eigenvalue weighted by Gasteiger charge is 1.98. The molecule has 86 valence electrons. The molecule has 1 aromatic heterocycles. The van der Waals surface area contributed by atoms with Crippen LogP contribution in [-0.2, 0) is 11.3 Å². The topological polar surface area (TPSA) is 36.3 Å². The Labute approximate surface area is 91.2 Å². The highest BCUT2D eigenvalue weighted by atomic mass is 16.5. The van der Waals surface area contributed by atoms with E-state index in [9.17, 15) is 0 Å². The maximum atomic E-state index is 5.47. The van der Waals surface area contributed by atoms with Crippen molar-refractivity contribution in [3.05, 3.63) is 12.4 Å². The Balaban J connectivity index is 2.14. The molecular weight excluding hydrogens is 192 g/mol. The summed E-state index contributed by atoms with van der Waals surface area (Å²) < 4.78 is 12.7. The second-order valence-corrected chi connectivity index (χ2v) is 3.40. The lowest BCUT2D eigenvalue weighted by Gasteiger charge is -2.03. The first-order chi connectivity index (χ1) is 7.36. The summed E-state index contributed by atoms with van der Waals surface area (Å²) in [5.74, 6) is 0.823. The molecule has 1 heterocycles. The van der Waals surface area contributed by atoms with Gasteiger partial charge < -0.3 is 9.47 Å². The number of hydrogen-bond donors (Lipinski definition) is 0. The summed E-state index contributed by atoms with van der Waals surface area (Å²) in [7, 11) is 0. The Morgan fingerprint density at radius 1 is 1.20 bits per heavy atom. The van der Waals surface area contributed by atoms with E-state index in [4.69, 9.17) is 9.47 Å². The van der Waals surface area contributed by atoms with Gasteiger partial charge in [0.1, 0.15) is 6.61 Å². The van der Waals surface area contributed by atoms with E-state index in [1.807, 2.05) is 10.9 Å². The van der Waals surface area contributed by atoms with Crippen molar-refractivity contribution < 1.29 is 9.47 Å². The summed E-state index contributed by atoms with van der Waals surface area (Å²) in [5.41, 5.74) is 0. The molecule has 0 fully saturated rings. The van der Waals surface area contributed by atoms with Crippen LogP contribution in [-0.4, -0.2) is 29.6 Å². The van der Waals surface area contributed by atoms with E-state index in [1.165, 1.54) is 0 Å². The van der Waals surface area contributed by atoms with Crippen molar-refractivity contribution in [1.29, 1.82) is 0 Å². The van der Waals surface area contributed by atoms with Gasteiger partial charge in [0, 0.05) is 13.2 Å². The maximum absolute atomic E-state index is 5.47. The van der Waals surface area contributed by atoms with Crippen LogP contribution in [0.5, 0.6) is 5.75 Å². The van der Waals surface area contributed by atoms with Crippen LogP contribution in [0.1, 0.15) is 26.7 Å². The average molecular weight is 212 g/mol. The van der Waals surface area contributed by atoms with Gasteiger partial charge in [-0.3, -0.25) is 4.68 Å². The summed E-state index contributed by atoms with van der Waals surface area (Å²) in [6, 6.07) is 0. The van der Waals surface area contributed by atoms with E-state index in [0.717, 1.165) is 31.7 Å². The summed E-state index contributed by atoms with van der Waals surface area (Å²) in [6.07, 6.45) is 5.80. The first-order valence-corrected chi connectivity index (χ1v) is 5.59. The highest BCUT2D eigenvalue weighted by molar-refractivity contribution is 5.11. The van der Waals surface area contributed by atoms with Crippen LogP contribution in [0.25, 0.3) is 0 Å². The first-order valence-electron chi connectivity index (χ1n) is 5.59. The van der Waals surface area contributed by atoms with E-state index in [1.54, 1.807) is 6.20 Å². The van der Waals surface area contributed by atoms with Crippen molar-refractivity contribution in [2.75, 3.05) is 19.8 Å². The van der Waals surface area contributed by atoms with Crippen LogP contribution in [0, 0.1) is 0 Å². The Bertz CT molecular complexity index is 261. The molecule has 0 saturated carbocycles. The van der Waals surface area contributed by atoms with Crippen LogP contribution in [0.3, 0.4) is 0 Å². The third kappa shape index (κ3) is 4.83. The van der Waals surface area contributed by atoms with E-state index < -0.39 is 0 Å². The summed E-state index contributed by atoms with van der Waals surface area (Å²) in [5, 5.41) is 4.17. The fraction of sp³-hybridized carbons (Fsp3) is 0.727. The van der Waals surface area contributed by atoms with Crippen LogP contribution in [0.4, 0.5) is 0 Å². The minimum atomic E-state index is 0.595. The van der Waals surface area contributed by atoms with Gasteiger partial charge in [0.25, 0.3) is 0 Å². The number of aromatic nitrogens is 2. The van der Waals surface area contributed by atoms with Crippen molar-refractivity contribution in [2.45, 2.75) is 33.2 Å². The average Bonchev–Trinajstić information content (AvgIpc) is 2.66. The first kappa shape index (κ1) is 12.0. The molecule has 15 heavy (non-hydrogen) atoms. The predicted octanol–water partition coefficient (Wildman–Crippen LogP) is 2.10. The molecular formula is C11H20N2O2. The fourth-order valence-electron chi connectivity index (χ4n) is 1.24. The lowest BCUT2D eigenvalue weighted by molar-refractivity contribution is 0.101. The Morgan fingerprint density at radius 3 is 2.80 bits per heavy atom. The molecule has 0 radical (unpaired) electrons. The number of ether oxygens (including phenoxy) is 2. The fourth-order valence-corrected chi connectivity index (χ4v) is 1.24. The third-order valence-electron chi connectivity index (χ3n) is 1.91. The number of rotatable bonds is 8. The largest absolute Gasteiger partial charge is 0.488 e. The lowest BCUT2D eigenvalue weighted by atomic mass is 10.5. The monoisotopic (exact) mass is 212 g/mol. The molecule has 0 aliphatic rings. The molecule has 0 saturated heterocycles. The molecule has 0 aromatic carbocycles. The number of aryl methyl sites for hydroxylation is 1. The van der Waals surface area contributed by atoms with Crippen molar-refractivity contribution >= 4 is 0 Å². The zero-order valence-electron chi connectivity index (χ0n) is 9.61. The summed E-state index contributed by atoms with van der Waals surface area (Å²) in [4.78, 5) is 0. The van der Waals surface area contributed by atoms with Gasteiger partial charge in [0.15, 0.2) is 5.75 Å². The van der Waals surface area contributed by atoms with Gasteiger partial charge in [-0.1, -0.05) is 13.8 Å². The molecule has 1 aromatic rings. The van der Waals surface area contributed by atoms with Gasteiger partial charge >= 0.3 is 0 Å². The van der Waals surface area contributed by atoms with Gasteiger partial charge in [0.2, 0.25) is 0 Å². The Hall–Kier alpha value is -1.03. The van der Waals surface area contributed by atoms with Crippen LogP contribution >= 0.6 is 0 Å². The smallest absolute Gasteiger partial charge is 0.157 e. The van der Waals surface area contributed by atoms with E-state index >= 15 is 0 Å². The SMILES string of the molecule is CCCOCCOc1cnn(CCC)c1. The minimum Gasteiger partial charge on any atom is -0.488 e. The molecule has 4 heteroatoms. The normalized spacial score (nSPS) is 10.5. The molecule has 1 rings (SSSR count). The van der Waals surface area contributed by atoms with E-state index in [2.05, 4.69) is 18.9 Å². The molecule has 0 aliphatic heterocycles. The van der Waals surface area contributed by atoms with Crippen LogP contribution < -0.4 is 4.74 Å². The predicted molar refractivity (Wildman–Crippen MR) is 59.1 cm³/mol. The minimum absolute atomic E-state index is 0.595. The Morgan fingerprint density at radius 2 is 2.07 bits per heavy atom.